The number of ether oxygens (including phenoxy) is 2. The van der Waals surface area contributed by atoms with Gasteiger partial charge in [-0.25, -0.2) is 14.8 Å². The number of carbonyl (C=O) groups is 2. The first-order valence-corrected chi connectivity index (χ1v) is 12.7. The molecule has 37 heavy (non-hydrogen) atoms. The number of hydrogen-bond acceptors (Lipinski definition) is 7. The summed E-state index contributed by atoms with van der Waals surface area (Å²) in [4.78, 5) is 31.8. The van der Waals surface area contributed by atoms with Crippen molar-refractivity contribution < 1.29 is 24.2 Å². The van der Waals surface area contributed by atoms with Crippen molar-refractivity contribution in [2.45, 2.75) is 32.6 Å². The van der Waals surface area contributed by atoms with Crippen LogP contribution in [0, 0.1) is 0 Å². The predicted octanol–water partition coefficient (Wildman–Crippen LogP) is 5.63. The van der Waals surface area contributed by atoms with Gasteiger partial charge in [-0.05, 0) is 37.1 Å². The summed E-state index contributed by atoms with van der Waals surface area (Å²) in [6, 6.07) is 15.5. The van der Waals surface area contributed by atoms with Gasteiger partial charge >= 0.3 is 5.97 Å². The molecule has 0 amide bonds. The zero-order valence-electron chi connectivity index (χ0n) is 20.5. The van der Waals surface area contributed by atoms with Crippen molar-refractivity contribution >= 4 is 44.3 Å². The number of imidazole rings is 2. The third-order valence-electron chi connectivity index (χ3n) is 5.05. The Balaban J connectivity index is 0.000000214. The molecule has 2 atom stereocenters. The van der Waals surface area contributed by atoms with E-state index >= 15 is 0 Å². The van der Waals surface area contributed by atoms with Gasteiger partial charge in [0.2, 0.25) is 0 Å². The number of aromatic nitrogens is 4. The van der Waals surface area contributed by atoms with Crippen LogP contribution < -0.4 is 0 Å². The Kier molecular flexibility index (Phi) is 12.7. The molecule has 0 fully saturated rings. The van der Waals surface area contributed by atoms with E-state index in [1.165, 1.54) is 19.6 Å². The van der Waals surface area contributed by atoms with E-state index in [-0.39, 0.29) is 18.6 Å². The lowest BCUT2D eigenvalue weighted by molar-refractivity contribution is -0.129. The minimum atomic E-state index is -0.393. The zero-order chi connectivity index (χ0) is 27.2. The molecule has 2 heterocycles. The Labute approximate surface area is 232 Å². The number of rotatable bonds is 7. The molecule has 0 unspecified atom stereocenters. The molecule has 0 saturated heterocycles. The van der Waals surface area contributed by atoms with Crippen LogP contribution >= 0.6 is 31.9 Å². The van der Waals surface area contributed by atoms with Gasteiger partial charge in [0.05, 0.1) is 50.0 Å². The van der Waals surface area contributed by atoms with Crippen LogP contribution in [0.2, 0.25) is 0 Å². The lowest BCUT2D eigenvalue weighted by Gasteiger charge is -2.17. The molecule has 9 nitrogen and oxygen atoms in total. The Hall–Kier alpha value is -3.28. The monoisotopic (exact) mass is 634 g/mol. The quantitative estimate of drug-likeness (QED) is 0.200. The summed E-state index contributed by atoms with van der Waals surface area (Å²) in [6.07, 6.45) is 5.89. The molecule has 0 radical (unpaired) electrons. The molecular formula is C26H28Br2N4O5. The molecule has 0 aliphatic carbocycles. The smallest absolute Gasteiger partial charge is 0.356 e. The maximum Gasteiger partial charge on any atom is 0.356 e. The molecule has 0 saturated carbocycles. The minimum Gasteiger partial charge on any atom is -0.464 e. The van der Waals surface area contributed by atoms with Crippen LogP contribution in [0.4, 0.5) is 0 Å². The molecule has 4 rings (SSSR count). The van der Waals surface area contributed by atoms with Crippen LogP contribution in [0.5, 0.6) is 0 Å². The fraction of sp³-hybridized carbons (Fsp3) is 0.231. The standard InChI is InChI=1S/C13H13BrN2O2.C8H9BrO.C5H6N2O2/c1-9(10-5-3-4-6-11(10)14)16-8-15-7-12(16)13(17)18-2;1-6(10)7-4-2-3-5-8(7)9;8-4-9-2-5-1-6-3-7-5/h3-9H,1-2H3;2-6,10H,1H3;1,3-4H,2H2,(H,6,7)/t9-;6-;/m01./s1. The average molecular weight is 636 g/mol. The molecule has 2 aromatic heterocycles. The number of halogens is 2. The second-order valence-corrected chi connectivity index (χ2v) is 9.27. The number of carbonyl (C=O) groups excluding carboxylic acids is 2. The second-order valence-electron chi connectivity index (χ2n) is 7.56. The summed E-state index contributed by atoms with van der Waals surface area (Å²) >= 11 is 6.85. The van der Waals surface area contributed by atoms with E-state index in [0.717, 1.165) is 25.8 Å². The molecule has 0 aliphatic rings. The summed E-state index contributed by atoms with van der Waals surface area (Å²) in [5.74, 6) is -0.383. The largest absolute Gasteiger partial charge is 0.464 e. The zero-order valence-corrected chi connectivity index (χ0v) is 23.7. The number of methoxy groups -OCH3 is 1. The van der Waals surface area contributed by atoms with Gasteiger partial charge in [-0.2, -0.15) is 0 Å². The van der Waals surface area contributed by atoms with E-state index < -0.39 is 6.10 Å². The van der Waals surface area contributed by atoms with Crippen molar-refractivity contribution in [3.63, 3.8) is 0 Å². The first-order chi connectivity index (χ1) is 17.8. The molecule has 2 N–H and O–H groups in total. The summed E-state index contributed by atoms with van der Waals surface area (Å²) in [5.41, 5.74) is 3.26. The minimum absolute atomic E-state index is 0.00262. The highest BCUT2D eigenvalue weighted by Gasteiger charge is 2.18. The summed E-state index contributed by atoms with van der Waals surface area (Å²) in [6.45, 7) is 4.43. The molecule has 0 spiro atoms. The topological polar surface area (TPSA) is 119 Å². The van der Waals surface area contributed by atoms with Crippen molar-refractivity contribution in [1.29, 1.82) is 0 Å². The Morgan fingerprint density at radius 2 is 1.68 bits per heavy atom. The highest BCUT2D eigenvalue weighted by Crippen LogP contribution is 2.27. The fourth-order valence-electron chi connectivity index (χ4n) is 3.14. The van der Waals surface area contributed by atoms with Crippen LogP contribution in [-0.4, -0.2) is 44.2 Å². The average Bonchev–Trinajstić information content (AvgIpc) is 3.60. The molecule has 0 bridgehead atoms. The van der Waals surface area contributed by atoms with Gasteiger partial charge in [0, 0.05) is 8.95 Å². The van der Waals surface area contributed by atoms with Gasteiger partial charge in [0.1, 0.15) is 12.3 Å². The van der Waals surface area contributed by atoms with Crippen molar-refractivity contribution in [3.05, 3.63) is 105 Å². The van der Waals surface area contributed by atoms with Crippen molar-refractivity contribution in [2.75, 3.05) is 7.11 Å². The van der Waals surface area contributed by atoms with E-state index in [0.29, 0.717) is 12.2 Å². The molecule has 11 heteroatoms. The van der Waals surface area contributed by atoms with E-state index in [2.05, 4.69) is 51.5 Å². The lowest BCUT2D eigenvalue weighted by Crippen LogP contribution is -2.14. The number of hydrogen-bond donors (Lipinski definition) is 2. The number of esters is 1. The second kappa shape index (κ2) is 15.7. The molecule has 2 aromatic carbocycles. The number of aliphatic hydroxyl groups excluding tert-OH is 1. The van der Waals surface area contributed by atoms with Crippen molar-refractivity contribution in [2.24, 2.45) is 0 Å². The van der Waals surface area contributed by atoms with Gasteiger partial charge in [0.15, 0.2) is 0 Å². The van der Waals surface area contributed by atoms with Crippen molar-refractivity contribution in [3.8, 4) is 0 Å². The fourth-order valence-corrected chi connectivity index (χ4v) is 4.37. The van der Waals surface area contributed by atoms with E-state index in [9.17, 15) is 14.7 Å². The van der Waals surface area contributed by atoms with Crippen LogP contribution in [0.15, 0.2) is 82.5 Å². The predicted molar refractivity (Wildman–Crippen MR) is 146 cm³/mol. The normalized spacial score (nSPS) is 11.6. The number of nitrogens with zero attached hydrogens (tertiary/aromatic N) is 3. The third kappa shape index (κ3) is 9.27. The Morgan fingerprint density at radius 1 is 1.05 bits per heavy atom. The van der Waals surface area contributed by atoms with Gasteiger partial charge in [-0.15, -0.1) is 0 Å². The third-order valence-corrected chi connectivity index (χ3v) is 6.49. The molecule has 4 aromatic rings. The van der Waals surface area contributed by atoms with E-state index in [1.807, 2.05) is 55.5 Å². The summed E-state index contributed by atoms with van der Waals surface area (Å²) in [5, 5.41) is 9.17. The first kappa shape index (κ1) is 29.9. The van der Waals surface area contributed by atoms with Gasteiger partial charge in [-0.3, -0.25) is 4.79 Å². The van der Waals surface area contributed by atoms with Crippen LogP contribution in [0.3, 0.4) is 0 Å². The van der Waals surface area contributed by atoms with Crippen LogP contribution in [-0.2, 0) is 20.9 Å². The van der Waals surface area contributed by atoms with Crippen LogP contribution in [0.1, 0.15) is 53.3 Å². The molecule has 0 aliphatic heterocycles. The maximum absolute atomic E-state index is 11.6. The highest BCUT2D eigenvalue weighted by molar-refractivity contribution is 9.10. The summed E-state index contributed by atoms with van der Waals surface area (Å²) in [7, 11) is 1.36. The molecular weight excluding hydrogens is 608 g/mol. The number of nitrogens with one attached hydrogen (secondary N) is 1. The SMILES string of the molecule is COC(=O)c1cncn1[C@@H](C)c1ccccc1Br.C[C@@H](O)c1ccccc1Br.O=COCc1cnc[nH]1. The van der Waals surface area contributed by atoms with Gasteiger partial charge in [0.25, 0.3) is 6.47 Å². The maximum atomic E-state index is 11.6. The number of aromatic amines is 1. The number of H-pyrrole nitrogens is 1. The van der Waals surface area contributed by atoms with Gasteiger partial charge in [-0.1, -0.05) is 68.3 Å². The lowest BCUT2D eigenvalue weighted by atomic mass is 10.1. The Bertz CT molecular complexity index is 1250. The molecule has 196 valence electrons. The number of benzene rings is 2. The van der Waals surface area contributed by atoms with Crippen LogP contribution in [0.25, 0.3) is 0 Å². The van der Waals surface area contributed by atoms with Crippen molar-refractivity contribution in [1.82, 2.24) is 19.5 Å². The van der Waals surface area contributed by atoms with E-state index in [4.69, 9.17) is 4.74 Å². The summed E-state index contributed by atoms with van der Waals surface area (Å²) < 4.78 is 12.9. The number of aliphatic hydroxyl groups is 1. The van der Waals surface area contributed by atoms with Gasteiger partial charge < -0.3 is 24.1 Å². The van der Waals surface area contributed by atoms with E-state index in [1.54, 1.807) is 24.0 Å². The first-order valence-electron chi connectivity index (χ1n) is 11.1. The highest BCUT2D eigenvalue weighted by atomic mass is 79.9. The Morgan fingerprint density at radius 3 is 2.16 bits per heavy atom.